The average Bonchev–Trinajstić information content (AvgIpc) is 3.17. The van der Waals surface area contributed by atoms with Gasteiger partial charge in [0, 0.05) is 11.8 Å². The summed E-state index contributed by atoms with van der Waals surface area (Å²) < 4.78 is 16.9. The van der Waals surface area contributed by atoms with Gasteiger partial charge in [0.25, 0.3) is 0 Å². The highest BCUT2D eigenvalue weighted by Crippen LogP contribution is 2.25. The molecule has 108 valence electrons. The van der Waals surface area contributed by atoms with Gasteiger partial charge in [-0.1, -0.05) is 6.07 Å². The summed E-state index contributed by atoms with van der Waals surface area (Å²) in [6, 6.07) is 12.2. The SMILES string of the molecule is Fc1ccc(-c2nc3ccccn3c2Cn2cncn2)cc1. The van der Waals surface area contributed by atoms with E-state index >= 15 is 0 Å². The molecule has 6 heteroatoms. The number of fused-ring (bicyclic) bond motifs is 1. The highest BCUT2D eigenvalue weighted by atomic mass is 19.1. The van der Waals surface area contributed by atoms with E-state index in [1.165, 1.54) is 18.5 Å². The molecule has 4 rings (SSSR count). The summed E-state index contributed by atoms with van der Waals surface area (Å²) >= 11 is 0. The highest BCUT2D eigenvalue weighted by Gasteiger charge is 2.14. The third-order valence-corrected chi connectivity index (χ3v) is 3.52. The second kappa shape index (κ2) is 5.07. The number of halogens is 1. The Morgan fingerprint density at radius 2 is 1.91 bits per heavy atom. The molecule has 0 saturated carbocycles. The van der Waals surface area contributed by atoms with Crippen molar-refractivity contribution in [3.05, 3.63) is 72.8 Å². The summed E-state index contributed by atoms with van der Waals surface area (Å²) in [7, 11) is 0. The number of pyridine rings is 1. The maximum atomic E-state index is 13.2. The van der Waals surface area contributed by atoms with Gasteiger partial charge in [0.2, 0.25) is 0 Å². The molecule has 0 bridgehead atoms. The fourth-order valence-electron chi connectivity index (χ4n) is 2.50. The van der Waals surface area contributed by atoms with Gasteiger partial charge in [-0.2, -0.15) is 5.10 Å². The molecule has 0 spiro atoms. The molecular weight excluding hydrogens is 281 g/mol. The molecule has 0 amide bonds. The van der Waals surface area contributed by atoms with Crippen molar-refractivity contribution in [1.82, 2.24) is 24.1 Å². The lowest BCUT2D eigenvalue weighted by Gasteiger charge is -2.05. The first kappa shape index (κ1) is 12.7. The van der Waals surface area contributed by atoms with Crippen LogP contribution in [0.2, 0.25) is 0 Å². The minimum atomic E-state index is -0.259. The van der Waals surface area contributed by atoms with E-state index in [9.17, 15) is 4.39 Å². The molecule has 0 aliphatic rings. The van der Waals surface area contributed by atoms with Gasteiger partial charge >= 0.3 is 0 Å². The Kier molecular flexibility index (Phi) is 2.93. The first-order chi connectivity index (χ1) is 10.8. The van der Waals surface area contributed by atoms with Gasteiger partial charge in [-0.05, 0) is 36.4 Å². The standard InChI is InChI=1S/C16H12FN5/c17-13-6-4-12(5-7-13)16-14(9-21-11-18-10-19-21)22-8-2-1-3-15(22)20-16/h1-8,10-11H,9H2. The Balaban J connectivity index is 1.91. The first-order valence-corrected chi connectivity index (χ1v) is 6.85. The molecule has 0 N–H and O–H groups in total. The van der Waals surface area contributed by atoms with Gasteiger partial charge < -0.3 is 4.40 Å². The van der Waals surface area contributed by atoms with Crippen molar-refractivity contribution in [2.45, 2.75) is 6.54 Å². The third kappa shape index (κ3) is 2.14. The Labute approximate surface area is 125 Å². The van der Waals surface area contributed by atoms with E-state index in [0.717, 1.165) is 22.6 Å². The van der Waals surface area contributed by atoms with Crippen LogP contribution in [0.5, 0.6) is 0 Å². The summed E-state index contributed by atoms with van der Waals surface area (Å²) in [4.78, 5) is 8.64. The van der Waals surface area contributed by atoms with E-state index in [0.29, 0.717) is 6.54 Å². The second-order valence-electron chi connectivity index (χ2n) is 4.94. The average molecular weight is 293 g/mol. The van der Waals surface area contributed by atoms with Crippen LogP contribution in [0.1, 0.15) is 5.69 Å². The van der Waals surface area contributed by atoms with Crippen LogP contribution < -0.4 is 0 Å². The maximum Gasteiger partial charge on any atom is 0.137 e. The van der Waals surface area contributed by atoms with E-state index in [-0.39, 0.29) is 5.82 Å². The molecule has 0 saturated heterocycles. The van der Waals surface area contributed by atoms with E-state index in [4.69, 9.17) is 0 Å². The van der Waals surface area contributed by atoms with E-state index < -0.39 is 0 Å². The summed E-state index contributed by atoms with van der Waals surface area (Å²) in [6.45, 7) is 0.540. The fourth-order valence-corrected chi connectivity index (χ4v) is 2.50. The smallest absolute Gasteiger partial charge is 0.137 e. The molecule has 3 heterocycles. The van der Waals surface area contributed by atoms with E-state index in [1.807, 2.05) is 28.8 Å². The van der Waals surface area contributed by atoms with Gasteiger partial charge in [-0.25, -0.2) is 19.0 Å². The molecule has 22 heavy (non-hydrogen) atoms. The predicted octanol–water partition coefficient (Wildman–Crippen LogP) is 2.78. The Morgan fingerprint density at radius 3 is 2.68 bits per heavy atom. The molecule has 5 nitrogen and oxygen atoms in total. The zero-order valence-electron chi connectivity index (χ0n) is 11.6. The number of benzene rings is 1. The second-order valence-corrected chi connectivity index (χ2v) is 4.94. The quantitative estimate of drug-likeness (QED) is 0.583. The Hall–Kier alpha value is -3.02. The predicted molar refractivity (Wildman–Crippen MR) is 79.7 cm³/mol. The maximum absolute atomic E-state index is 13.2. The topological polar surface area (TPSA) is 48.0 Å². The Bertz CT molecular complexity index is 910. The van der Waals surface area contributed by atoms with Gasteiger partial charge in [-0.15, -0.1) is 0 Å². The van der Waals surface area contributed by atoms with Crippen molar-refractivity contribution in [2.24, 2.45) is 0 Å². The highest BCUT2D eigenvalue weighted by molar-refractivity contribution is 5.66. The molecular formula is C16H12FN5. The summed E-state index contributed by atoms with van der Waals surface area (Å²) in [5.74, 6) is -0.259. The van der Waals surface area contributed by atoms with Crippen LogP contribution in [-0.2, 0) is 6.54 Å². The normalized spacial score (nSPS) is 11.1. The van der Waals surface area contributed by atoms with E-state index in [2.05, 4.69) is 15.1 Å². The third-order valence-electron chi connectivity index (χ3n) is 3.52. The van der Waals surface area contributed by atoms with Crippen molar-refractivity contribution in [1.29, 1.82) is 0 Å². The van der Waals surface area contributed by atoms with Crippen LogP contribution in [0.25, 0.3) is 16.9 Å². The number of aromatic nitrogens is 5. The van der Waals surface area contributed by atoms with Crippen LogP contribution in [-0.4, -0.2) is 24.1 Å². The molecule has 0 aliphatic carbocycles. The molecule has 1 aromatic carbocycles. The van der Waals surface area contributed by atoms with Gasteiger partial charge in [0.05, 0.1) is 17.9 Å². The van der Waals surface area contributed by atoms with Gasteiger partial charge in [0.15, 0.2) is 0 Å². The van der Waals surface area contributed by atoms with E-state index in [1.54, 1.807) is 23.1 Å². The molecule has 0 unspecified atom stereocenters. The number of rotatable bonds is 3. The molecule has 0 radical (unpaired) electrons. The largest absolute Gasteiger partial charge is 0.302 e. The molecule has 0 atom stereocenters. The number of imidazole rings is 1. The fraction of sp³-hybridized carbons (Fsp3) is 0.0625. The van der Waals surface area contributed by atoms with Crippen molar-refractivity contribution < 1.29 is 4.39 Å². The summed E-state index contributed by atoms with van der Waals surface area (Å²) in [6.07, 6.45) is 5.12. The van der Waals surface area contributed by atoms with Crippen LogP contribution in [0.15, 0.2) is 61.3 Å². The molecule has 3 aromatic heterocycles. The lowest BCUT2D eigenvalue weighted by atomic mass is 10.1. The van der Waals surface area contributed by atoms with Gasteiger partial charge in [0.1, 0.15) is 24.1 Å². The first-order valence-electron chi connectivity index (χ1n) is 6.85. The molecule has 0 fully saturated rings. The van der Waals surface area contributed by atoms with Crippen LogP contribution >= 0.6 is 0 Å². The minimum Gasteiger partial charge on any atom is -0.302 e. The molecule has 4 aromatic rings. The van der Waals surface area contributed by atoms with Crippen LogP contribution in [0, 0.1) is 5.82 Å². The van der Waals surface area contributed by atoms with Crippen LogP contribution in [0.4, 0.5) is 4.39 Å². The summed E-state index contributed by atoms with van der Waals surface area (Å²) in [5, 5.41) is 4.15. The zero-order chi connectivity index (χ0) is 14.9. The van der Waals surface area contributed by atoms with Gasteiger partial charge in [-0.3, -0.25) is 0 Å². The Morgan fingerprint density at radius 1 is 1.05 bits per heavy atom. The van der Waals surface area contributed by atoms with Crippen molar-refractivity contribution in [2.75, 3.05) is 0 Å². The van der Waals surface area contributed by atoms with Crippen molar-refractivity contribution in [3.8, 4) is 11.3 Å². The van der Waals surface area contributed by atoms with Crippen molar-refractivity contribution >= 4 is 5.65 Å². The van der Waals surface area contributed by atoms with Crippen molar-refractivity contribution in [3.63, 3.8) is 0 Å². The monoisotopic (exact) mass is 293 g/mol. The summed E-state index contributed by atoms with van der Waals surface area (Å²) in [5.41, 5.74) is 3.52. The number of hydrogen-bond acceptors (Lipinski definition) is 3. The lowest BCUT2D eigenvalue weighted by molar-refractivity contribution is 0.628. The molecule has 0 aliphatic heterocycles. The zero-order valence-corrected chi connectivity index (χ0v) is 11.6. The lowest BCUT2D eigenvalue weighted by Crippen LogP contribution is -2.04. The van der Waals surface area contributed by atoms with Crippen LogP contribution in [0.3, 0.4) is 0 Å². The number of hydrogen-bond donors (Lipinski definition) is 0. The number of nitrogens with zero attached hydrogens (tertiary/aromatic N) is 5. The minimum absolute atomic E-state index is 0.259.